The van der Waals surface area contributed by atoms with Crippen molar-refractivity contribution in [2.75, 3.05) is 7.05 Å². The van der Waals surface area contributed by atoms with Crippen molar-refractivity contribution >= 4 is 32.5 Å². The number of sulfonamides is 1. The van der Waals surface area contributed by atoms with Gasteiger partial charge < -0.3 is 0 Å². The normalized spacial score (nSPS) is 12.9. The average molecular weight is 482 g/mol. The monoisotopic (exact) mass is 481 g/mol. The molecule has 1 heterocycles. The topological polar surface area (TPSA) is 72.3 Å². The van der Waals surface area contributed by atoms with E-state index in [-0.39, 0.29) is 10.5 Å². The summed E-state index contributed by atoms with van der Waals surface area (Å²) >= 11 is 6.03. The predicted octanol–water partition coefficient (Wildman–Crippen LogP) is 5.04. The van der Waals surface area contributed by atoms with E-state index in [0.29, 0.717) is 27.4 Å². The fourth-order valence-electron chi connectivity index (χ4n) is 3.88. The van der Waals surface area contributed by atoms with Crippen LogP contribution in [0.25, 0.3) is 16.6 Å². The molecule has 0 saturated carbocycles. The van der Waals surface area contributed by atoms with Gasteiger partial charge >= 0.3 is 0 Å². The van der Waals surface area contributed by atoms with Crippen LogP contribution in [0.5, 0.6) is 0 Å². The second kappa shape index (κ2) is 8.74. The molecule has 0 aliphatic rings. The molecule has 0 radical (unpaired) electrons. The zero-order chi connectivity index (χ0) is 23.9. The van der Waals surface area contributed by atoms with E-state index < -0.39 is 16.1 Å². The molecule has 1 aromatic heterocycles. The first-order chi connectivity index (χ1) is 15.6. The van der Waals surface area contributed by atoms with E-state index in [1.54, 1.807) is 43.3 Å². The second-order valence-corrected chi connectivity index (χ2v) is 10.5. The van der Waals surface area contributed by atoms with E-state index in [4.69, 9.17) is 16.6 Å². The maximum Gasteiger partial charge on any atom is 0.266 e. The number of fused-ring (bicyclic) bond motifs is 1. The van der Waals surface area contributed by atoms with Gasteiger partial charge in [-0.2, -0.15) is 4.31 Å². The first kappa shape index (κ1) is 23.2. The Hall–Kier alpha value is -3.00. The van der Waals surface area contributed by atoms with Crippen molar-refractivity contribution in [2.24, 2.45) is 0 Å². The average Bonchev–Trinajstić information content (AvgIpc) is 2.78. The summed E-state index contributed by atoms with van der Waals surface area (Å²) < 4.78 is 29.5. The van der Waals surface area contributed by atoms with Gasteiger partial charge in [0.2, 0.25) is 10.0 Å². The van der Waals surface area contributed by atoms with Gasteiger partial charge in [0.15, 0.2) is 0 Å². The van der Waals surface area contributed by atoms with Crippen LogP contribution in [-0.2, 0) is 10.0 Å². The fraction of sp³-hybridized carbons (Fsp3) is 0.200. The quantitative estimate of drug-likeness (QED) is 0.400. The number of para-hydroxylation sites is 1. The van der Waals surface area contributed by atoms with Gasteiger partial charge in [-0.15, -0.1) is 0 Å². The summed E-state index contributed by atoms with van der Waals surface area (Å²) in [5.74, 6) is 0.332. The van der Waals surface area contributed by atoms with Crippen LogP contribution < -0.4 is 5.56 Å². The van der Waals surface area contributed by atoms with Gasteiger partial charge in [-0.1, -0.05) is 47.5 Å². The number of benzene rings is 3. The van der Waals surface area contributed by atoms with E-state index >= 15 is 0 Å². The molecule has 0 fully saturated rings. The first-order valence-electron chi connectivity index (χ1n) is 10.4. The third kappa shape index (κ3) is 4.19. The van der Waals surface area contributed by atoms with Crippen LogP contribution in [0.1, 0.15) is 29.9 Å². The van der Waals surface area contributed by atoms with E-state index in [0.717, 1.165) is 11.1 Å². The minimum atomic E-state index is -3.90. The van der Waals surface area contributed by atoms with Gasteiger partial charge in [-0.25, -0.2) is 13.4 Å². The van der Waals surface area contributed by atoms with E-state index in [2.05, 4.69) is 0 Å². The fourth-order valence-corrected chi connectivity index (χ4v) is 5.51. The molecule has 1 unspecified atom stereocenters. The lowest BCUT2D eigenvalue weighted by Gasteiger charge is -2.27. The molecular formula is C25H24ClN3O3S. The lowest BCUT2D eigenvalue weighted by molar-refractivity contribution is 0.379. The van der Waals surface area contributed by atoms with Crippen LogP contribution in [-0.4, -0.2) is 29.3 Å². The van der Waals surface area contributed by atoms with Crippen LogP contribution >= 0.6 is 11.6 Å². The number of hydrogen-bond acceptors (Lipinski definition) is 4. The van der Waals surface area contributed by atoms with E-state index in [1.807, 2.05) is 32.0 Å². The summed E-state index contributed by atoms with van der Waals surface area (Å²) in [6, 6.07) is 18.2. The summed E-state index contributed by atoms with van der Waals surface area (Å²) in [6.07, 6.45) is 0. The van der Waals surface area contributed by atoms with Gasteiger partial charge in [0.05, 0.1) is 27.5 Å². The summed E-state index contributed by atoms with van der Waals surface area (Å²) in [4.78, 5) is 18.4. The van der Waals surface area contributed by atoms with Gasteiger partial charge in [-0.05, 0) is 62.7 Å². The Morgan fingerprint density at radius 3 is 2.42 bits per heavy atom. The molecule has 0 spiro atoms. The van der Waals surface area contributed by atoms with Crippen molar-refractivity contribution in [1.29, 1.82) is 0 Å². The maximum atomic E-state index is 13.6. The van der Waals surface area contributed by atoms with Crippen molar-refractivity contribution in [1.82, 2.24) is 13.9 Å². The molecule has 6 nitrogen and oxygen atoms in total. The maximum absolute atomic E-state index is 13.6. The predicted molar refractivity (Wildman–Crippen MR) is 132 cm³/mol. The molecule has 0 aliphatic heterocycles. The van der Waals surface area contributed by atoms with Gasteiger partial charge in [0.25, 0.3) is 5.56 Å². The van der Waals surface area contributed by atoms with Gasteiger partial charge in [0.1, 0.15) is 5.82 Å². The highest BCUT2D eigenvalue weighted by molar-refractivity contribution is 7.89. The lowest BCUT2D eigenvalue weighted by atomic mass is 10.1. The molecular weight excluding hydrogens is 458 g/mol. The van der Waals surface area contributed by atoms with E-state index in [9.17, 15) is 13.2 Å². The highest BCUT2D eigenvalue weighted by Crippen LogP contribution is 2.28. The number of nitrogens with zero attached hydrogens (tertiary/aromatic N) is 3. The van der Waals surface area contributed by atoms with Crippen molar-refractivity contribution in [3.05, 3.63) is 99.1 Å². The largest absolute Gasteiger partial charge is 0.268 e. The Morgan fingerprint density at radius 1 is 1.00 bits per heavy atom. The number of hydrogen-bond donors (Lipinski definition) is 0. The zero-order valence-corrected chi connectivity index (χ0v) is 20.4. The molecule has 8 heteroatoms. The van der Waals surface area contributed by atoms with Crippen LogP contribution in [0.4, 0.5) is 0 Å². The third-order valence-electron chi connectivity index (χ3n) is 5.79. The summed E-state index contributed by atoms with van der Waals surface area (Å²) in [5, 5.41) is 0.793. The standard InChI is InChI=1S/C25H24ClN3O3S/c1-16-12-13-23(17(2)14-16)29-24(27-22-11-6-5-10-21(22)25(29)30)18(3)28(4)33(31,32)20-9-7-8-19(26)15-20/h5-15,18H,1-4H3. The molecule has 1 atom stereocenters. The highest BCUT2D eigenvalue weighted by Gasteiger charge is 2.30. The molecule has 0 N–H and O–H groups in total. The Balaban J connectivity index is 1.95. The summed E-state index contributed by atoms with van der Waals surface area (Å²) in [7, 11) is -2.42. The molecule has 0 bridgehead atoms. The molecule has 4 aromatic rings. The first-order valence-corrected chi connectivity index (χ1v) is 12.3. The second-order valence-electron chi connectivity index (χ2n) is 8.07. The Bertz CT molecular complexity index is 1530. The SMILES string of the molecule is Cc1ccc(-n2c(C(C)N(C)S(=O)(=O)c3cccc(Cl)c3)nc3ccccc3c2=O)c(C)c1. The Kier molecular flexibility index (Phi) is 6.14. The number of rotatable bonds is 5. The van der Waals surface area contributed by atoms with Crippen LogP contribution in [0.15, 0.2) is 76.4 Å². The molecule has 170 valence electrons. The minimum Gasteiger partial charge on any atom is -0.268 e. The molecule has 0 saturated heterocycles. The minimum absolute atomic E-state index is 0.0746. The highest BCUT2D eigenvalue weighted by atomic mass is 35.5. The van der Waals surface area contributed by atoms with Crippen LogP contribution in [0, 0.1) is 13.8 Å². The smallest absolute Gasteiger partial charge is 0.266 e. The van der Waals surface area contributed by atoms with E-state index in [1.165, 1.54) is 28.1 Å². The third-order valence-corrected chi connectivity index (χ3v) is 7.95. The molecule has 3 aromatic carbocycles. The Labute approximate surface area is 198 Å². The van der Waals surface area contributed by atoms with Crippen LogP contribution in [0.3, 0.4) is 0 Å². The number of halogens is 1. The summed E-state index contributed by atoms with van der Waals surface area (Å²) in [5.41, 5.74) is 2.89. The zero-order valence-electron chi connectivity index (χ0n) is 18.8. The molecule has 4 rings (SSSR count). The Morgan fingerprint density at radius 2 is 1.73 bits per heavy atom. The lowest BCUT2D eigenvalue weighted by Crippen LogP contribution is -2.35. The van der Waals surface area contributed by atoms with Gasteiger partial charge in [0, 0.05) is 12.1 Å². The van der Waals surface area contributed by atoms with Gasteiger partial charge in [-0.3, -0.25) is 9.36 Å². The number of aryl methyl sites for hydroxylation is 2. The van der Waals surface area contributed by atoms with Crippen molar-refractivity contribution in [3.8, 4) is 5.69 Å². The van der Waals surface area contributed by atoms with Crippen LogP contribution in [0.2, 0.25) is 5.02 Å². The molecule has 0 aliphatic carbocycles. The summed E-state index contributed by atoms with van der Waals surface area (Å²) in [6.45, 7) is 5.62. The number of aromatic nitrogens is 2. The molecule has 0 amide bonds. The van der Waals surface area contributed by atoms with Crippen molar-refractivity contribution in [2.45, 2.75) is 31.7 Å². The van der Waals surface area contributed by atoms with Crippen molar-refractivity contribution in [3.63, 3.8) is 0 Å². The van der Waals surface area contributed by atoms with Crippen molar-refractivity contribution < 1.29 is 8.42 Å². The molecule has 33 heavy (non-hydrogen) atoms.